The van der Waals surface area contributed by atoms with Gasteiger partial charge in [0.1, 0.15) is 0 Å². The molecule has 0 amide bonds. The molecule has 2 heteroatoms. The number of hydrogen-bond acceptors (Lipinski definition) is 1. The Labute approximate surface area is 97.8 Å². The monoisotopic (exact) mass is 218 g/mol. The zero-order valence-corrected chi connectivity index (χ0v) is 9.91. The molecule has 1 saturated carbocycles. The van der Waals surface area contributed by atoms with Gasteiger partial charge in [0.2, 0.25) is 0 Å². The van der Waals surface area contributed by atoms with E-state index in [-0.39, 0.29) is 0 Å². The summed E-state index contributed by atoms with van der Waals surface area (Å²) in [7, 11) is 0. The third-order valence-electron chi connectivity index (χ3n) is 4.45. The summed E-state index contributed by atoms with van der Waals surface area (Å²) in [5, 5.41) is 3.56. The molecule has 2 N–H and O–H groups in total. The summed E-state index contributed by atoms with van der Waals surface area (Å²) in [6, 6.07) is 2.27. The molecule has 2 atom stereocenters. The first kappa shape index (κ1) is 10.4. The van der Waals surface area contributed by atoms with Crippen molar-refractivity contribution < 1.29 is 0 Å². The van der Waals surface area contributed by atoms with Gasteiger partial charge >= 0.3 is 0 Å². The Morgan fingerprint density at radius 1 is 1.00 bits per heavy atom. The van der Waals surface area contributed by atoms with Crippen LogP contribution < -0.4 is 5.32 Å². The molecule has 2 fully saturated rings. The predicted molar refractivity (Wildman–Crippen MR) is 66.5 cm³/mol. The molecule has 16 heavy (non-hydrogen) atoms. The van der Waals surface area contributed by atoms with Crippen molar-refractivity contribution >= 4 is 0 Å². The first-order valence-corrected chi connectivity index (χ1v) is 6.75. The summed E-state index contributed by atoms with van der Waals surface area (Å²) in [6.07, 6.45) is 11.4. The molecule has 0 radical (unpaired) electrons. The summed E-state index contributed by atoms with van der Waals surface area (Å²) in [5.41, 5.74) is 1.54. The predicted octanol–water partition coefficient (Wildman–Crippen LogP) is 2.90. The summed E-state index contributed by atoms with van der Waals surface area (Å²) >= 11 is 0. The summed E-state index contributed by atoms with van der Waals surface area (Å²) in [4.78, 5) is 3.21. The van der Waals surface area contributed by atoms with Crippen molar-refractivity contribution in [2.75, 3.05) is 13.1 Å². The number of nitrogens with one attached hydrogen (secondary N) is 2. The van der Waals surface area contributed by atoms with Crippen LogP contribution in [0.1, 0.15) is 43.6 Å². The number of hydrogen-bond donors (Lipinski definition) is 2. The maximum absolute atomic E-state index is 3.56. The lowest BCUT2D eigenvalue weighted by Gasteiger charge is -2.36. The smallest absolute Gasteiger partial charge is 0.00401 e. The van der Waals surface area contributed by atoms with Gasteiger partial charge in [0.25, 0.3) is 0 Å². The van der Waals surface area contributed by atoms with Crippen molar-refractivity contribution in [1.82, 2.24) is 10.3 Å². The van der Waals surface area contributed by atoms with Crippen molar-refractivity contribution in [2.45, 2.75) is 38.0 Å². The van der Waals surface area contributed by atoms with Crippen LogP contribution in [-0.2, 0) is 0 Å². The van der Waals surface area contributed by atoms with Crippen molar-refractivity contribution in [3.05, 3.63) is 24.0 Å². The molecule has 1 aliphatic heterocycles. The molecule has 2 aliphatic rings. The van der Waals surface area contributed by atoms with Crippen LogP contribution in [0.2, 0.25) is 0 Å². The van der Waals surface area contributed by atoms with Crippen molar-refractivity contribution in [2.24, 2.45) is 11.8 Å². The standard InChI is InChI=1S/C14H22N2/c1-4-15-5-2-12-7-11(1)8-14(9-12)13-3-6-16-10-13/h3,6,10-12,14-16H,1-2,4-5,7-9H2. The normalized spacial score (nSPS) is 35.4. The quantitative estimate of drug-likeness (QED) is 0.745. The Balaban J connectivity index is 1.73. The van der Waals surface area contributed by atoms with Gasteiger partial charge in [-0.1, -0.05) is 0 Å². The maximum Gasteiger partial charge on any atom is 0.00401 e. The zero-order valence-electron chi connectivity index (χ0n) is 9.91. The van der Waals surface area contributed by atoms with Crippen molar-refractivity contribution in [3.63, 3.8) is 0 Å². The van der Waals surface area contributed by atoms with E-state index in [1.807, 2.05) is 0 Å². The van der Waals surface area contributed by atoms with E-state index in [4.69, 9.17) is 0 Å². The lowest BCUT2D eigenvalue weighted by atomic mass is 9.70. The van der Waals surface area contributed by atoms with Gasteiger partial charge in [-0.25, -0.2) is 0 Å². The fourth-order valence-electron chi connectivity index (χ4n) is 3.64. The Bertz CT molecular complexity index is 303. The molecule has 1 aliphatic carbocycles. The van der Waals surface area contributed by atoms with Crippen molar-refractivity contribution in [3.8, 4) is 0 Å². The van der Waals surface area contributed by atoms with E-state index in [9.17, 15) is 0 Å². The SMILES string of the molecule is c1cc(C2CC3CCNCCC(C3)C2)c[nH]1. The second-order valence-corrected chi connectivity index (χ2v) is 5.61. The highest BCUT2D eigenvalue weighted by atomic mass is 14.8. The van der Waals surface area contributed by atoms with Gasteiger partial charge in [-0.2, -0.15) is 0 Å². The number of rotatable bonds is 1. The van der Waals surface area contributed by atoms with Gasteiger partial charge in [-0.05, 0) is 74.6 Å². The lowest BCUT2D eigenvalue weighted by molar-refractivity contribution is 0.202. The Morgan fingerprint density at radius 2 is 1.75 bits per heavy atom. The maximum atomic E-state index is 3.56. The molecule has 0 spiro atoms. The molecule has 2 nitrogen and oxygen atoms in total. The van der Waals surface area contributed by atoms with Crippen LogP contribution in [0.4, 0.5) is 0 Å². The van der Waals surface area contributed by atoms with Crippen LogP contribution in [0.25, 0.3) is 0 Å². The average molecular weight is 218 g/mol. The molecule has 2 unspecified atom stereocenters. The second kappa shape index (κ2) is 4.62. The molecule has 2 heterocycles. The summed E-state index contributed by atoms with van der Waals surface area (Å²) in [5.74, 6) is 2.76. The number of H-pyrrole nitrogens is 1. The highest BCUT2D eigenvalue weighted by molar-refractivity contribution is 5.16. The second-order valence-electron chi connectivity index (χ2n) is 5.61. The lowest BCUT2D eigenvalue weighted by Crippen LogP contribution is -2.31. The van der Waals surface area contributed by atoms with Gasteiger partial charge < -0.3 is 10.3 Å². The Kier molecular flexibility index (Phi) is 3.00. The van der Waals surface area contributed by atoms with Crippen molar-refractivity contribution in [1.29, 1.82) is 0 Å². The number of fused-ring (bicyclic) bond motifs is 2. The van der Waals surface area contributed by atoms with Gasteiger partial charge in [0, 0.05) is 12.4 Å². The Morgan fingerprint density at radius 3 is 2.38 bits per heavy atom. The van der Waals surface area contributed by atoms with E-state index in [0.717, 1.165) is 17.8 Å². The minimum atomic E-state index is 0.827. The average Bonchev–Trinajstić information content (AvgIpc) is 2.80. The molecule has 1 saturated heterocycles. The minimum absolute atomic E-state index is 0.827. The molecule has 1 aromatic heterocycles. The number of aromatic amines is 1. The fraction of sp³-hybridized carbons (Fsp3) is 0.714. The molecular formula is C14H22N2. The fourth-order valence-corrected chi connectivity index (χ4v) is 3.64. The summed E-state index contributed by atoms with van der Waals surface area (Å²) in [6.45, 7) is 2.47. The van der Waals surface area contributed by atoms with E-state index in [1.165, 1.54) is 45.2 Å². The first-order chi connectivity index (χ1) is 7.92. The van der Waals surface area contributed by atoms with E-state index in [0.29, 0.717) is 0 Å². The highest BCUT2D eigenvalue weighted by Crippen LogP contribution is 2.42. The summed E-state index contributed by atoms with van der Waals surface area (Å²) < 4.78 is 0. The van der Waals surface area contributed by atoms with Crippen LogP contribution in [-0.4, -0.2) is 18.1 Å². The van der Waals surface area contributed by atoms with E-state index in [2.05, 4.69) is 28.8 Å². The van der Waals surface area contributed by atoms with E-state index < -0.39 is 0 Å². The molecule has 1 aromatic rings. The zero-order chi connectivity index (χ0) is 10.8. The van der Waals surface area contributed by atoms with Crippen LogP contribution in [0.15, 0.2) is 18.5 Å². The Hall–Kier alpha value is -0.760. The van der Waals surface area contributed by atoms with Gasteiger partial charge in [-0.3, -0.25) is 0 Å². The van der Waals surface area contributed by atoms with Crippen LogP contribution in [0.3, 0.4) is 0 Å². The highest BCUT2D eigenvalue weighted by Gasteiger charge is 2.30. The third-order valence-corrected chi connectivity index (χ3v) is 4.45. The van der Waals surface area contributed by atoms with Crippen LogP contribution in [0.5, 0.6) is 0 Å². The molecular weight excluding hydrogens is 196 g/mol. The van der Waals surface area contributed by atoms with Gasteiger partial charge in [0.15, 0.2) is 0 Å². The van der Waals surface area contributed by atoms with E-state index in [1.54, 1.807) is 5.56 Å². The largest absolute Gasteiger partial charge is 0.367 e. The third kappa shape index (κ3) is 2.17. The van der Waals surface area contributed by atoms with Crippen LogP contribution >= 0.6 is 0 Å². The molecule has 88 valence electrons. The van der Waals surface area contributed by atoms with Crippen LogP contribution in [0, 0.1) is 11.8 Å². The van der Waals surface area contributed by atoms with E-state index >= 15 is 0 Å². The molecule has 0 aromatic carbocycles. The first-order valence-electron chi connectivity index (χ1n) is 6.75. The molecule has 2 bridgehead atoms. The molecule has 3 rings (SSSR count). The number of aromatic nitrogens is 1. The minimum Gasteiger partial charge on any atom is -0.367 e. The van der Waals surface area contributed by atoms with Gasteiger partial charge in [-0.15, -0.1) is 0 Å². The van der Waals surface area contributed by atoms with Gasteiger partial charge in [0.05, 0.1) is 0 Å². The topological polar surface area (TPSA) is 27.8 Å².